The zero-order chi connectivity index (χ0) is 24.5. The maximum absolute atomic E-state index is 12.5. The summed E-state index contributed by atoms with van der Waals surface area (Å²) in [4.78, 5) is 36.5. The first-order chi connectivity index (χ1) is 16.9. The average Bonchev–Trinajstić information content (AvgIpc) is 3.41. The first kappa shape index (κ1) is 22.6. The fraction of sp³-hybridized carbons (Fsp3) is 0.308. The SMILES string of the molecule is Cn1cc(C(NC(=O)[C@H]2C[C@H]2CNC(=O)OCC2c3ccccc3-c3ccccc32)C(=O)O)cn1. The van der Waals surface area contributed by atoms with E-state index >= 15 is 0 Å². The van der Waals surface area contributed by atoms with Crippen molar-refractivity contribution in [3.05, 3.63) is 77.6 Å². The quantitative estimate of drug-likeness (QED) is 0.461. The molecule has 3 atom stereocenters. The normalized spacial score (nSPS) is 18.8. The molecule has 2 aromatic carbocycles. The lowest BCUT2D eigenvalue weighted by Crippen LogP contribution is -2.35. The van der Waals surface area contributed by atoms with Crippen molar-refractivity contribution in [3.63, 3.8) is 0 Å². The van der Waals surface area contributed by atoms with Crippen molar-refractivity contribution in [1.82, 2.24) is 20.4 Å². The van der Waals surface area contributed by atoms with Crippen LogP contribution in [0.3, 0.4) is 0 Å². The van der Waals surface area contributed by atoms with Gasteiger partial charge in [-0.05, 0) is 34.6 Å². The molecule has 180 valence electrons. The van der Waals surface area contributed by atoms with Gasteiger partial charge < -0.3 is 20.5 Å². The van der Waals surface area contributed by atoms with Crippen LogP contribution in [0.1, 0.15) is 35.1 Å². The molecule has 0 radical (unpaired) electrons. The van der Waals surface area contributed by atoms with E-state index in [-0.39, 0.29) is 30.3 Å². The molecule has 1 saturated carbocycles. The van der Waals surface area contributed by atoms with Crippen LogP contribution in [0.4, 0.5) is 4.79 Å². The molecule has 2 amide bonds. The van der Waals surface area contributed by atoms with E-state index in [0.717, 1.165) is 22.3 Å². The highest BCUT2D eigenvalue weighted by molar-refractivity contribution is 5.87. The number of aliphatic carboxylic acids is 1. The molecular formula is C26H26N4O5. The van der Waals surface area contributed by atoms with Crippen molar-refractivity contribution < 1.29 is 24.2 Å². The maximum atomic E-state index is 12.5. The fourth-order valence-corrected chi connectivity index (χ4v) is 4.78. The molecule has 1 aromatic heterocycles. The highest BCUT2D eigenvalue weighted by atomic mass is 16.5. The van der Waals surface area contributed by atoms with Crippen molar-refractivity contribution in [1.29, 1.82) is 0 Å². The molecule has 0 saturated heterocycles. The number of hydrogen-bond acceptors (Lipinski definition) is 5. The topological polar surface area (TPSA) is 123 Å². The van der Waals surface area contributed by atoms with Gasteiger partial charge in [0, 0.05) is 37.2 Å². The van der Waals surface area contributed by atoms with Crippen LogP contribution in [0, 0.1) is 11.8 Å². The monoisotopic (exact) mass is 474 g/mol. The Balaban J connectivity index is 1.11. The lowest BCUT2D eigenvalue weighted by atomic mass is 9.98. The molecule has 3 aromatic rings. The summed E-state index contributed by atoms with van der Waals surface area (Å²) in [5.74, 6) is -1.92. The summed E-state index contributed by atoms with van der Waals surface area (Å²) in [5.41, 5.74) is 5.01. The molecule has 1 unspecified atom stereocenters. The third kappa shape index (κ3) is 4.62. The predicted molar refractivity (Wildman–Crippen MR) is 126 cm³/mol. The Morgan fingerprint density at radius 3 is 2.37 bits per heavy atom. The summed E-state index contributed by atoms with van der Waals surface area (Å²) in [6.45, 7) is 0.513. The van der Waals surface area contributed by atoms with Gasteiger partial charge in [0.1, 0.15) is 6.61 Å². The predicted octanol–water partition coefficient (Wildman–Crippen LogP) is 2.84. The van der Waals surface area contributed by atoms with Crippen LogP contribution in [0.5, 0.6) is 0 Å². The van der Waals surface area contributed by atoms with Gasteiger partial charge in [-0.15, -0.1) is 0 Å². The second kappa shape index (κ2) is 9.25. The molecule has 5 rings (SSSR count). The second-order valence-electron chi connectivity index (χ2n) is 9.04. The molecule has 0 bridgehead atoms. The van der Waals surface area contributed by atoms with E-state index in [4.69, 9.17) is 4.74 Å². The minimum absolute atomic E-state index is 0.0203. The number of benzene rings is 2. The molecule has 2 aliphatic carbocycles. The standard InChI is InChI=1S/C26H26N4O5/c1-30-13-16(12-28-30)23(25(32)33)29-24(31)21-10-15(21)11-27-26(34)35-14-22-19-8-4-2-6-17(19)18-7-3-5-9-20(18)22/h2-9,12-13,15,21-23H,10-11,14H2,1H3,(H,27,34)(H,29,31)(H,32,33)/t15-,21-,23?/m0/s1. The number of nitrogens with zero attached hydrogens (tertiary/aromatic N) is 2. The van der Waals surface area contributed by atoms with Crippen molar-refractivity contribution in [2.45, 2.75) is 18.4 Å². The Kier molecular flexibility index (Phi) is 5.98. The molecule has 9 heteroatoms. The molecule has 1 heterocycles. The molecule has 3 N–H and O–H groups in total. The number of carbonyl (C=O) groups is 3. The van der Waals surface area contributed by atoms with Gasteiger partial charge >= 0.3 is 12.1 Å². The van der Waals surface area contributed by atoms with Gasteiger partial charge in [-0.3, -0.25) is 9.48 Å². The largest absolute Gasteiger partial charge is 0.479 e. The minimum atomic E-state index is -1.16. The van der Waals surface area contributed by atoms with Crippen LogP contribution < -0.4 is 10.6 Å². The Bertz CT molecular complexity index is 1240. The molecule has 9 nitrogen and oxygen atoms in total. The number of rotatable bonds is 8. The number of carboxylic acids is 1. The lowest BCUT2D eigenvalue weighted by Gasteiger charge is -2.15. The van der Waals surface area contributed by atoms with Crippen LogP contribution in [-0.4, -0.2) is 46.0 Å². The average molecular weight is 475 g/mol. The Hall–Kier alpha value is -4.14. The number of alkyl carbamates (subject to hydrolysis) is 1. The summed E-state index contributed by atoms with van der Waals surface area (Å²) in [6.07, 6.45) is 3.02. The van der Waals surface area contributed by atoms with Gasteiger partial charge in [-0.1, -0.05) is 48.5 Å². The van der Waals surface area contributed by atoms with Crippen molar-refractivity contribution in [3.8, 4) is 11.1 Å². The number of aryl methyl sites for hydroxylation is 1. The molecule has 35 heavy (non-hydrogen) atoms. The molecule has 0 aliphatic heterocycles. The van der Waals surface area contributed by atoms with Crippen molar-refractivity contribution in [2.75, 3.05) is 13.2 Å². The lowest BCUT2D eigenvalue weighted by molar-refractivity contribution is -0.142. The number of carbonyl (C=O) groups excluding carboxylic acids is 2. The Morgan fingerprint density at radius 1 is 1.11 bits per heavy atom. The van der Waals surface area contributed by atoms with Gasteiger partial charge in [0.15, 0.2) is 6.04 Å². The van der Waals surface area contributed by atoms with Crippen LogP contribution >= 0.6 is 0 Å². The van der Waals surface area contributed by atoms with E-state index in [1.807, 2.05) is 24.3 Å². The third-order valence-electron chi connectivity index (χ3n) is 6.70. The maximum Gasteiger partial charge on any atom is 0.407 e. The Morgan fingerprint density at radius 2 is 1.77 bits per heavy atom. The smallest absolute Gasteiger partial charge is 0.407 e. The van der Waals surface area contributed by atoms with Gasteiger partial charge in [-0.2, -0.15) is 5.10 Å². The third-order valence-corrected chi connectivity index (χ3v) is 6.70. The first-order valence-electron chi connectivity index (χ1n) is 11.5. The zero-order valence-electron chi connectivity index (χ0n) is 19.2. The van der Waals surface area contributed by atoms with Gasteiger partial charge in [0.25, 0.3) is 0 Å². The number of carboxylic acid groups (broad SMARTS) is 1. The Labute approximate surface area is 202 Å². The van der Waals surface area contributed by atoms with Crippen molar-refractivity contribution in [2.24, 2.45) is 18.9 Å². The van der Waals surface area contributed by atoms with Crippen LogP contribution in [-0.2, 0) is 21.4 Å². The summed E-state index contributed by atoms with van der Waals surface area (Å²) < 4.78 is 7.01. The summed E-state index contributed by atoms with van der Waals surface area (Å²) in [6, 6.07) is 15.1. The summed E-state index contributed by atoms with van der Waals surface area (Å²) in [5, 5.41) is 18.8. The number of amides is 2. The minimum Gasteiger partial charge on any atom is -0.479 e. The molecular weight excluding hydrogens is 448 g/mol. The number of hydrogen-bond donors (Lipinski definition) is 3. The van der Waals surface area contributed by atoms with E-state index in [1.165, 1.54) is 10.9 Å². The molecule has 0 spiro atoms. The van der Waals surface area contributed by atoms with Crippen LogP contribution in [0.25, 0.3) is 11.1 Å². The summed E-state index contributed by atoms with van der Waals surface area (Å²) >= 11 is 0. The van der Waals surface area contributed by atoms with Crippen LogP contribution in [0.2, 0.25) is 0 Å². The van der Waals surface area contributed by atoms with Gasteiger partial charge in [0.05, 0.1) is 6.20 Å². The van der Waals surface area contributed by atoms with E-state index in [0.29, 0.717) is 18.5 Å². The first-order valence-corrected chi connectivity index (χ1v) is 11.5. The zero-order valence-corrected chi connectivity index (χ0v) is 19.2. The second-order valence-corrected chi connectivity index (χ2v) is 9.04. The van der Waals surface area contributed by atoms with Gasteiger partial charge in [0.2, 0.25) is 5.91 Å². The highest BCUT2D eigenvalue weighted by Crippen LogP contribution is 2.44. The van der Waals surface area contributed by atoms with Crippen LogP contribution in [0.15, 0.2) is 60.9 Å². The molecule has 2 aliphatic rings. The number of nitrogens with one attached hydrogen (secondary N) is 2. The number of aromatic nitrogens is 2. The number of ether oxygens (including phenoxy) is 1. The molecule has 1 fully saturated rings. The van der Waals surface area contributed by atoms with Crippen molar-refractivity contribution >= 4 is 18.0 Å². The van der Waals surface area contributed by atoms with E-state index < -0.39 is 18.1 Å². The van der Waals surface area contributed by atoms with Gasteiger partial charge in [-0.25, -0.2) is 9.59 Å². The van der Waals surface area contributed by atoms with E-state index in [1.54, 1.807) is 13.2 Å². The highest BCUT2D eigenvalue weighted by Gasteiger charge is 2.44. The fourth-order valence-electron chi connectivity index (χ4n) is 4.78. The summed E-state index contributed by atoms with van der Waals surface area (Å²) in [7, 11) is 1.68. The van der Waals surface area contributed by atoms with E-state index in [2.05, 4.69) is 40.0 Å². The number of fused-ring (bicyclic) bond motifs is 3. The van der Waals surface area contributed by atoms with E-state index in [9.17, 15) is 19.5 Å².